The van der Waals surface area contributed by atoms with E-state index in [0.717, 1.165) is 0 Å². The Morgan fingerprint density at radius 2 is 2.00 bits per heavy atom. The summed E-state index contributed by atoms with van der Waals surface area (Å²) in [4.78, 5) is 0. The van der Waals surface area contributed by atoms with Gasteiger partial charge < -0.3 is 4.42 Å². The normalized spacial score (nSPS) is 20.8. The lowest BCUT2D eigenvalue weighted by Gasteiger charge is -2.32. The molecule has 1 aliphatic rings. The fraction of sp³-hybridized carbons (Fsp3) is 0.467. The Morgan fingerprint density at radius 3 is 2.62 bits per heavy atom. The molecule has 1 fully saturated rings. The van der Waals surface area contributed by atoms with Gasteiger partial charge in [-0.2, -0.15) is 0 Å². The van der Waals surface area contributed by atoms with Gasteiger partial charge in [0.15, 0.2) is 11.4 Å². The number of hydrogen-bond donors (Lipinski definition) is 2. The number of furan rings is 1. The molecular weight excluding hydrogens is 281 g/mol. The maximum atomic E-state index is 13.7. The van der Waals surface area contributed by atoms with Crippen molar-refractivity contribution in [3.63, 3.8) is 0 Å². The molecule has 0 bridgehead atoms. The Labute approximate surface area is 120 Å². The molecule has 1 aromatic heterocycles. The monoisotopic (exact) mass is 298 g/mol. The number of hydrazine groups is 1. The number of hydrogen-bond acceptors (Lipinski definition) is 3. The van der Waals surface area contributed by atoms with Crippen molar-refractivity contribution in [3.05, 3.63) is 35.8 Å². The Balaban J connectivity index is 1.87. The first-order chi connectivity index (χ1) is 10.00. The molecular formula is C15H17F3N2O. The summed E-state index contributed by atoms with van der Waals surface area (Å²) < 4.78 is 45.7. The molecule has 1 heterocycles. The quantitative estimate of drug-likeness (QED) is 0.667. The van der Waals surface area contributed by atoms with E-state index in [1.807, 2.05) is 0 Å². The van der Waals surface area contributed by atoms with Crippen molar-refractivity contribution >= 4 is 11.0 Å². The van der Waals surface area contributed by atoms with Crippen LogP contribution in [0.4, 0.5) is 13.2 Å². The number of alkyl halides is 2. The van der Waals surface area contributed by atoms with Gasteiger partial charge in [0.2, 0.25) is 5.92 Å². The van der Waals surface area contributed by atoms with Gasteiger partial charge in [-0.15, -0.1) is 0 Å². The highest BCUT2D eigenvalue weighted by molar-refractivity contribution is 5.78. The second kappa shape index (κ2) is 5.35. The number of fused-ring (bicyclic) bond motifs is 1. The van der Waals surface area contributed by atoms with Crippen molar-refractivity contribution in [2.45, 2.75) is 37.6 Å². The second-order valence-corrected chi connectivity index (χ2v) is 5.64. The second-order valence-electron chi connectivity index (χ2n) is 5.64. The summed E-state index contributed by atoms with van der Waals surface area (Å²) in [7, 11) is 0. The van der Waals surface area contributed by atoms with Crippen molar-refractivity contribution < 1.29 is 17.6 Å². The molecule has 0 spiro atoms. The Hall–Kier alpha value is -1.53. The van der Waals surface area contributed by atoms with Gasteiger partial charge >= 0.3 is 0 Å². The zero-order valence-electron chi connectivity index (χ0n) is 11.4. The first kappa shape index (κ1) is 14.4. The summed E-state index contributed by atoms with van der Waals surface area (Å²) in [5.74, 6) is 2.99. The summed E-state index contributed by atoms with van der Waals surface area (Å²) in [6, 6.07) is 6.00. The van der Waals surface area contributed by atoms with Gasteiger partial charge in [-0.3, -0.25) is 5.84 Å². The van der Waals surface area contributed by atoms with Crippen molar-refractivity contribution in [3.8, 4) is 0 Å². The highest BCUT2D eigenvalue weighted by atomic mass is 19.3. The number of halogens is 3. The molecule has 3 rings (SSSR count). The van der Waals surface area contributed by atoms with Crippen LogP contribution in [0.25, 0.3) is 11.0 Å². The maximum Gasteiger partial charge on any atom is 0.248 e. The molecule has 0 amide bonds. The number of nitrogens with one attached hydrogen (secondary N) is 1. The fourth-order valence-electron chi connectivity index (χ4n) is 3.05. The van der Waals surface area contributed by atoms with Crippen molar-refractivity contribution in [1.29, 1.82) is 0 Å². The number of benzene rings is 1. The molecule has 0 radical (unpaired) electrons. The van der Waals surface area contributed by atoms with E-state index < -0.39 is 11.7 Å². The number of para-hydroxylation sites is 1. The lowest BCUT2D eigenvalue weighted by molar-refractivity contribution is -0.0505. The van der Waals surface area contributed by atoms with Crippen LogP contribution >= 0.6 is 0 Å². The highest BCUT2D eigenvalue weighted by Gasteiger charge is 2.38. The SMILES string of the molecule is NNC(c1cc2cccc(F)c2o1)C1CCC(F)(F)CC1. The summed E-state index contributed by atoms with van der Waals surface area (Å²) in [6.45, 7) is 0. The van der Waals surface area contributed by atoms with E-state index in [0.29, 0.717) is 24.0 Å². The Bertz CT molecular complexity index is 631. The summed E-state index contributed by atoms with van der Waals surface area (Å²) in [5, 5.41) is 0.645. The number of rotatable bonds is 3. The Kier molecular flexibility index (Phi) is 3.67. The maximum absolute atomic E-state index is 13.7. The van der Waals surface area contributed by atoms with Gasteiger partial charge in [0, 0.05) is 18.2 Å². The van der Waals surface area contributed by atoms with E-state index in [1.165, 1.54) is 6.07 Å². The third kappa shape index (κ3) is 2.78. The van der Waals surface area contributed by atoms with Crippen LogP contribution in [0, 0.1) is 11.7 Å². The molecule has 1 saturated carbocycles. The first-order valence-corrected chi connectivity index (χ1v) is 7.02. The highest BCUT2D eigenvalue weighted by Crippen LogP contribution is 2.42. The molecule has 21 heavy (non-hydrogen) atoms. The molecule has 114 valence electrons. The Morgan fingerprint density at radius 1 is 1.29 bits per heavy atom. The summed E-state index contributed by atoms with van der Waals surface area (Å²) >= 11 is 0. The van der Waals surface area contributed by atoms with Gasteiger partial charge in [-0.05, 0) is 30.9 Å². The van der Waals surface area contributed by atoms with Crippen LogP contribution in [0.1, 0.15) is 37.5 Å². The molecule has 0 aliphatic heterocycles. The first-order valence-electron chi connectivity index (χ1n) is 7.02. The predicted octanol–water partition coefficient (Wildman–Crippen LogP) is 3.90. The minimum absolute atomic E-state index is 0.0433. The van der Waals surface area contributed by atoms with Crippen molar-refractivity contribution in [2.75, 3.05) is 0 Å². The van der Waals surface area contributed by atoms with Crippen LogP contribution < -0.4 is 11.3 Å². The van der Waals surface area contributed by atoms with Crippen LogP contribution in [0.3, 0.4) is 0 Å². The smallest absolute Gasteiger partial charge is 0.248 e. The average Bonchev–Trinajstić information content (AvgIpc) is 2.86. The van der Waals surface area contributed by atoms with Crippen LogP contribution in [0.15, 0.2) is 28.7 Å². The predicted molar refractivity (Wildman–Crippen MR) is 73.1 cm³/mol. The minimum atomic E-state index is -2.59. The molecule has 1 atom stereocenters. The summed E-state index contributed by atoms with van der Waals surface area (Å²) in [5.41, 5.74) is 2.81. The van der Waals surface area contributed by atoms with Crippen LogP contribution in [0.5, 0.6) is 0 Å². The van der Waals surface area contributed by atoms with Crippen molar-refractivity contribution in [1.82, 2.24) is 5.43 Å². The molecule has 6 heteroatoms. The van der Waals surface area contributed by atoms with Gasteiger partial charge in [-0.1, -0.05) is 12.1 Å². The topological polar surface area (TPSA) is 51.2 Å². The van der Waals surface area contributed by atoms with Crippen molar-refractivity contribution in [2.24, 2.45) is 11.8 Å². The van der Waals surface area contributed by atoms with E-state index in [4.69, 9.17) is 10.3 Å². The largest absolute Gasteiger partial charge is 0.456 e. The third-order valence-electron chi connectivity index (χ3n) is 4.23. The molecule has 2 aromatic rings. The van der Waals surface area contributed by atoms with Gasteiger partial charge in [0.05, 0.1) is 6.04 Å². The molecule has 1 aromatic carbocycles. The van der Waals surface area contributed by atoms with Gasteiger partial charge in [0.25, 0.3) is 0 Å². The lowest BCUT2D eigenvalue weighted by atomic mass is 9.81. The molecule has 0 saturated heterocycles. The average molecular weight is 298 g/mol. The van der Waals surface area contributed by atoms with E-state index in [9.17, 15) is 13.2 Å². The van der Waals surface area contributed by atoms with Gasteiger partial charge in [0.1, 0.15) is 5.76 Å². The number of nitrogens with two attached hydrogens (primary N) is 1. The molecule has 3 nitrogen and oxygen atoms in total. The van der Waals surface area contributed by atoms with Crippen LogP contribution in [0.2, 0.25) is 0 Å². The van der Waals surface area contributed by atoms with Crippen LogP contribution in [-0.4, -0.2) is 5.92 Å². The minimum Gasteiger partial charge on any atom is -0.456 e. The molecule has 1 unspecified atom stereocenters. The van der Waals surface area contributed by atoms with E-state index >= 15 is 0 Å². The van der Waals surface area contributed by atoms with E-state index in [1.54, 1.807) is 18.2 Å². The summed E-state index contributed by atoms with van der Waals surface area (Å²) in [6.07, 6.45) is 0.428. The molecule has 3 N–H and O–H groups in total. The molecule has 1 aliphatic carbocycles. The third-order valence-corrected chi connectivity index (χ3v) is 4.23. The van der Waals surface area contributed by atoms with E-state index in [-0.39, 0.29) is 30.4 Å². The van der Waals surface area contributed by atoms with E-state index in [2.05, 4.69) is 5.43 Å². The van der Waals surface area contributed by atoms with Crippen LogP contribution in [-0.2, 0) is 0 Å². The van der Waals surface area contributed by atoms with Gasteiger partial charge in [-0.25, -0.2) is 18.6 Å². The lowest BCUT2D eigenvalue weighted by Crippen LogP contribution is -2.37. The standard InChI is InChI=1S/C15H17F3N2O/c16-11-3-1-2-10-8-12(21-14(10)11)13(20-19)9-4-6-15(17,18)7-5-9/h1-3,8-9,13,20H,4-7,19H2. The fourth-order valence-corrected chi connectivity index (χ4v) is 3.05. The zero-order chi connectivity index (χ0) is 15.0. The zero-order valence-corrected chi connectivity index (χ0v) is 11.4.